The lowest BCUT2D eigenvalue weighted by atomic mass is 9.85. The van der Waals surface area contributed by atoms with Gasteiger partial charge in [0.05, 0.1) is 44.5 Å². The summed E-state index contributed by atoms with van der Waals surface area (Å²) >= 11 is 13.9. The van der Waals surface area contributed by atoms with Crippen LogP contribution in [-0.2, 0) is 6.54 Å². The van der Waals surface area contributed by atoms with Crippen LogP contribution in [-0.4, -0.2) is 65.3 Å². The summed E-state index contributed by atoms with van der Waals surface area (Å²) in [5.74, 6) is -1.96. The van der Waals surface area contributed by atoms with Gasteiger partial charge < -0.3 is 15.1 Å². The number of aromatic nitrogens is 6. The Hall–Kier alpha value is -7.29. The summed E-state index contributed by atoms with van der Waals surface area (Å²) < 4.78 is 44.8. The molecule has 3 N–H and O–H groups in total. The molecule has 0 radical (unpaired) electrons. The van der Waals surface area contributed by atoms with Crippen molar-refractivity contribution >= 4 is 67.1 Å². The van der Waals surface area contributed by atoms with E-state index in [0.717, 1.165) is 29.0 Å². The molecule has 11 rings (SSSR count). The van der Waals surface area contributed by atoms with Gasteiger partial charge in [-0.3, -0.25) is 24.5 Å². The molecule has 1 aliphatic heterocycles. The Kier molecular flexibility index (Phi) is 11.1. The molecule has 2 unspecified atom stereocenters. The Bertz CT molecular complexity index is 3830. The number of fused-ring (bicyclic) bond motifs is 4. The summed E-state index contributed by atoms with van der Waals surface area (Å²) in [6.07, 6.45) is -1.05. The number of hydrogen-bond donors (Lipinski definition) is 3. The number of benzene rings is 4. The molecule has 0 amide bonds. The summed E-state index contributed by atoms with van der Waals surface area (Å²) in [6, 6.07) is 35.9. The Morgan fingerprint density at radius 3 is 2.22 bits per heavy atom. The van der Waals surface area contributed by atoms with Crippen LogP contribution in [0.4, 0.5) is 13.2 Å². The van der Waals surface area contributed by atoms with Crippen LogP contribution in [0, 0.1) is 0 Å². The number of likely N-dealkylation sites (tertiary alicyclic amines) is 1. The number of nitrogens with one attached hydrogen (secondary N) is 2. The molecule has 1 aliphatic rings. The van der Waals surface area contributed by atoms with Gasteiger partial charge in [-0.2, -0.15) is 13.2 Å². The van der Waals surface area contributed by atoms with Crippen LogP contribution in [0.25, 0.3) is 99.8 Å². The molecule has 1 fully saturated rings. The van der Waals surface area contributed by atoms with Crippen molar-refractivity contribution in [2.75, 3.05) is 13.1 Å². The molecule has 10 nitrogen and oxygen atoms in total. The van der Waals surface area contributed by atoms with Crippen molar-refractivity contribution in [1.29, 1.82) is 0 Å². The molecule has 7 heterocycles. The Morgan fingerprint density at radius 2 is 1.43 bits per heavy atom. The largest absolute Gasteiger partial charge is 0.395 e. The maximum atomic E-state index is 14.9. The number of pyridine rings is 6. The van der Waals surface area contributed by atoms with E-state index in [9.17, 15) is 27.9 Å². The first-order valence-corrected chi connectivity index (χ1v) is 22.9. The highest BCUT2D eigenvalue weighted by Crippen LogP contribution is 2.47. The number of halogens is 5. The van der Waals surface area contributed by atoms with Crippen LogP contribution >= 0.6 is 23.2 Å². The fraction of sp³-hybridized carbons (Fsp3) is 0.148. The monoisotopic (exact) mass is 959 g/mol. The molecular formula is C54H38Cl2F3N7O3. The van der Waals surface area contributed by atoms with Gasteiger partial charge in [0.1, 0.15) is 11.3 Å². The number of H-pyrrole nitrogens is 2. The normalized spacial score (nSPS) is 14.9. The lowest BCUT2D eigenvalue weighted by Crippen LogP contribution is -2.26. The molecule has 4 aromatic carbocycles. The van der Waals surface area contributed by atoms with Crippen molar-refractivity contribution in [2.45, 2.75) is 38.1 Å². The number of nitrogens with zero attached hydrogens (tertiary/aromatic N) is 5. The highest BCUT2D eigenvalue weighted by Gasteiger charge is 2.40. The zero-order valence-electron chi connectivity index (χ0n) is 36.6. The highest BCUT2D eigenvalue weighted by molar-refractivity contribution is 6.36. The molecule has 0 spiro atoms. The first-order chi connectivity index (χ1) is 33.2. The number of alkyl halides is 3. The molecule has 342 valence electrons. The van der Waals surface area contributed by atoms with Gasteiger partial charge in [0.25, 0.3) is 5.56 Å². The summed E-state index contributed by atoms with van der Waals surface area (Å²) in [5, 5.41) is 13.1. The topological polar surface area (TPSA) is 141 Å². The van der Waals surface area contributed by atoms with Gasteiger partial charge >= 0.3 is 6.18 Å². The molecular weight excluding hydrogens is 923 g/mol. The first kappa shape index (κ1) is 44.2. The van der Waals surface area contributed by atoms with Crippen molar-refractivity contribution in [2.24, 2.45) is 0 Å². The number of aliphatic hydroxyl groups excluding tert-OH is 1. The third-order valence-corrected chi connectivity index (χ3v) is 13.5. The number of β-amino-alcohol motifs (C(OH)–C–C–N with tert-alkyl or cyclic N) is 1. The van der Waals surface area contributed by atoms with E-state index in [0.29, 0.717) is 92.0 Å². The van der Waals surface area contributed by atoms with Gasteiger partial charge in [-0.15, -0.1) is 0 Å². The maximum Gasteiger partial charge on any atom is 0.395 e. The third-order valence-electron chi connectivity index (χ3n) is 12.9. The van der Waals surface area contributed by atoms with Crippen molar-refractivity contribution in [1.82, 2.24) is 34.8 Å². The minimum Gasteiger partial charge on any atom is -0.392 e. The molecule has 1 saturated heterocycles. The third kappa shape index (κ3) is 8.31. The first-order valence-electron chi connectivity index (χ1n) is 22.2. The van der Waals surface area contributed by atoms with Gasteiger partial charge in [0, 0.05) is 93.0 Å². The summed E-state index contributed by atoms with van der Waals surface area (Å²) in [6.45, 7) is 2.66. The second-order valence-electron chi connectivity index (χ2n) is 17.5. The smallest absolute Gasteiger partial charge is 0.392 e. The molecule has 69 heavy (non-hydrogen) atoms. The van der Waals surface area contributed by atoms with E-state index in [1.54, 1.807) is 54.9 Å². The SMILES string of the molecule is CC(c1c(-c2cc(Cl)c3ncc(-c4cccc(-c5nc6[nH]c(=O)c(CN7CCC(O)C7)cc6cc5-c5cc(Cl)c6ncccc6c5)c4)cc3c2)c(-c2ccccc2)nc2[nH]c(=O)ccc12)C(F)(F)F. The van der Waals surface area contributed by atoms with Gasteiger partial charge in [0.2, 0.25) is 5.56 Å². The van der Waals surface area contributed by atoms with Gasteiger partial charge in [0.15, 0.2) is 0 Å². The van der Waals surface area contributed by atoms with E-state index in [1.807, 2.05) is 66.7 Å². The van der Waals surface area contributed by atoms with Crippen LogP contribution < -0.4 is 11.1 Å². The zero-order chi connectivity index (χ0) is 47.7. The second-order valence-corrected chi connectivity index (χ2v) is 18.3. The minimum absolute atomic E-state index is 0.0341. The van der Waals surface area contributed by atoms with Crippen LogP contribution in [0.5, 0.6) is 0 Å². The van der Waals surface area contributed by atoms with E-state index < -0.39 is 23.8 Å². The van der Waals surface area contributed by atoms with Crippen LogP contribution in [0.1, 0.15) is 30.4 Å². The lowest BCUT2D eigenvalue weighted by molar-refractivity contribution is -0.145. The maximum absolute atomic E-state index is 14.9. The summed E-state index contributed by atoms with van der Waals surface area (Å²) in [4.78, 5) is 52.9. The van der Waals surface area contributed by atoms with E-state index in [1.165, 1.54) is 12.1 Å². The van der Waals surface area contributed by atoms with Crippen molar-refractivity contribution in [3.8, 4) is 55.9 Å². The fourth-order valence-corrected chi connectivity index (χ4v) is 10.1. The highest BCUT2D eigenvalue weighted by atomic mass is 35.5. The van der Waals surface area contributed by atoms with Crippen molar-refractivity contribution in [3.05, 3.63) is 176 Å². The van der Waals surface area contributed by atoms with Gasteiger partial charge in [-0.1, -0.05) is 77.8 Å². The zero-order valence-corrected chi connectivity index (χ0v) is 38.1. The minimum atomic E-state index is -4.65. The van der Waals surface area contributed by atoms with Gasteiger partial charge in [-0.25, -0.2) is 9.97 Å². The lowest BCUT2D eigenvalue weighted by Gasteiger charge is -2.24. The Balaban J connectivity index is 1.07. The predicted octanol–water partition coefficient (Wildman–Crippen LogP) is 12.1. The Labute approximate surface area is 401 Å². The summed E-state index contributed by atoms with van der Waals surface area (Å²) in [7, 11) is 0. The molecule has 0 aliphatic carbocycles. The van der Waals surface area contributed by atoms with E-state index >= 15 is 0 Å². The number of aromatic amines is 2. The molecule has 6 aromatic heterocycles. The molecule has 0 bridgehead atoms. The van der Waals surface area contributed by atoms with Crippen LogP contribution in [0.3, 0.4) is 0 Å². The van der Waals surface area contributed by atoms with E-state index in [2.05, 4.69) is 19.9 Å². The van der Waals surface area contributed by atoms with Crippen molar-refractivity contribution in [3.63, 3.8) is 0 Å². The fourth-order valence-electron chi connectivity index (χ4n) is 9.50. The van der Waals surface area contributed by atoms with Crippen molar-refractivity contribution < 1.29 is 18.3 Å². The van der Waals surface area contributed by atoms with E-state index in [-0.39, 0.29) is 38.4 Å². The number of aliphatic hydroxyl groups is 1. The average Bonchev–Trinajstić information content (AvgIpc) is 3.76. The summed E-state index contributed by atoms with van der Waals surface area (Å²) in [5.41, 5.74) is 6.91. The average molecular weight is 961 g/mol. The van der Waals surface area contributed by atoms with Crippen LogP contribution in [0.2, 0.25) is 10.0 Å². The Morgan fingerprint density at radius 1 is 0.710 bits per heavy atom. The number of hydrogen-bond acceptors (Lipinski definition) is 8. The molecule has 0 saturated carbocycles. The second kappa shape index (κ2) is 17.3. The van der Waals surface area contributed by atoms with Crippen LogP contribution in [0.15, 0.2) is 143 Å². The molecule has 15 heteroatoms. The van der Waals surface area contributed by atoms with Gasteiger partial charge in [-0.05, 0) is 96.3 Å². The quantitative estimate of drug-likeness (QED) is 0.137. The molecule has 10 aromatic rings. The molecule has 2 atom stereocenters. The predicted molar refractivity (Wildman–Crippen MR) is 266 cm³/mol. The number of rotatable bonds is 8. The standard InChI is InChI=1S/C54H38Cl2F3N7O3/c1-28(54(57,58)59)45-40-12-13-44(68)62-52(40)64-50(29-7-3-2-4-8-29)46(45)34-19-35-20-37(25-61-49(35)43(56)24-34)30-9-5-10-31(17-30)47-41(33-18-32-11-6-15-60-48(32)42(55)23-33)22-36-21-38(53(69)65-51(36)63-47)26-66-16-14-39(67)27-66/h2-13,15,17-25,28,39,67H,14,16,26-27H2,1H3,(H,62,64,68)(H,63,65,69). The van der Waals surface area contributed by atoms with E-state index in [4.69, 9.17) is 38.2 Å².